The van der Waals surface area contributed by atoms with Gasteiger partial charge in [-0.15, -0.1) is 0 Å². The Labute approximate surface area is 120 Å². The normalized spacial score (nSPS) is 15.4. The number of alkyl halides is 3. The molecule has 1 aliphatic carbocycles. The van der Waals surface area contributed by atoms with Gasteiger partial charge in [-0.1, -0.05) is 18.2 Å². The summed E-state index contributed by atoms with van der Waals surface area (Å²) in [6, 6.07) is 6.18. The van der Waals surface area contributed by atoms with E-state index in [1.54, 1.807) is 18.6 Å². The van der Waals surface area contributed by atoms with Crippen LogP contribution in [0.25, 0.3) is 0 Å². The van der Waals surface area contributed by atoms with Crippen molar-refractivity contribution in [1.82, 2.24) is 14.9 Å². The number of imidazole rings is 1. The third kappa shape index (κ3) is 3.26. The summed E-state index contributed by atoms with van der Waals surface area (Å²) in [5, 5.41) is 3.08. The number of nitrogens with zero attached hydrogens (tertiary/aromatic N) is 2. The van der Waals surface area contributed by atoms with Gasteiger partial charge in [0.2, 0.25) is 0 Å². The summed E-state index contributed by atoms with van der Waals surface area (Å²) < 4.78 is 40.8. The smallest absolute Gasteiger partial charge is 0.330 e. The van der Waals surface area contributed by atoms with Crippen LogP contribution in [0.3, 0.4) is 0 Å². The minimum atomic E-state index is -4.31. The summed E-state index contributed by atoms with van der Waals surface area (Å²) in [6.07, 6.45) is 1.55. The van der Waals surface area contributed by atoms with Crippen molar-refractivity contribution < 1.29 is 13.2 Å². The lowest BCUT2D eigenvalue weighted by atomic mass is 10.1. The van der Waals surface area contributed by atoms with E-state index < -0.39 is 11.7 Å². The molecule has 0 radical (unpaired) electrons. The monoisotopic (exact) mass is 295 g/mol. The van der Waals surface area contributed by atoms with Crippen LogP contribution in [0.15, 0.2) is 36.8 Å². The Morgan fingerprint density at radius 3 is 2.67 bits per heavy atom. The number of aromatic nitrogens is 2. The minimum Gasteiger partial charge on any atom is -0.330 e. The van der Waals surface area contributed by atoms with Crippen molar-refractivity contribution in [3.63, 3.8) is 0 Å². The van der Waals surface area contributed by atoms with Crippen molar-refractivity contribution in [2.75, 3.05) is 0 Å². The van der Waals surface area contributed by atoms with Crippen LogP contribution in [0.4, 0.5) is 13.2 Å². The molecule has 21 heavy (non-hydrogen) atoms. The SMILES string of the molecule is FC(F)(F)c1ccccc1CNCc1cncn1C1CC1. The van der Waals surface area contributed by atoms with Crippen LogP contribution in [0.5, 0.6) is 0 Å². The maximum atomic E-state index is 12.9. The first-order valence-electron chi connectivity index (χ1n) is 6.92. The van der Waals surface area contributed by atoms with Gasteiger partial charge in [-0.05, 0) is 24.5 Å². The van der Waals surface area contributed by atoms with Crippen molar-refractivity contribution in [3.8, 4) is 0 Å². The minimum absolute atomic E-state index is 0.186. The van der Waals surface area contributed by atoms with Crippen LogP contribution >= 0.6 is 0 Å². The van der Waals surface area contributed by atoms with E-state index in [-0.39, 0.29) is 12.1 Å². The van der Waals surface area contributed by atoms with Crippen LogP contribution in [0.2, 0.25) is 0 Å². The lowest BCUT2D eigenvalue weighted by molar-refractivity contribution is -0.138. The van der Waals surface area contributed by atoms with Crippen molar-refractivity contribution in [1.29, 1.82) is 0 Å². The Kier molecular flexibility index (Phi) is 3.71. The Morgan fingerprint density at radius 2 is 1.95 bits per heavy atom. The lowest BCUT2D eigenvalue weighted by Crippen LogP contribution is -2.18. The van der Waals surface area contributed by atoms with Crippen molar-refractivity contribution in [2.24, 2.45) is 0 Å². The molecule has 1 heterocycles. The van der Waals surface area contributed by atoms with Gasteiger partial charge in [0.05, 0.1) is 17.6 Å². The first-order chi connectivity index (χ1) is 10.1. The molecule has 112 valence electrons. The molecule has 1 aromatic carbocycles. The van der Waals surface area contributed by atoms with Gasteiger partial charge >= 0.3 is 6.18 Å². The molecule has 1 fully saturated rings. The summed E-state index contributed by atoms with van der Waals surface area (Å²) in [7, 11) is 0. The molecule has 2 aromatic rings. The zero-order chi connectivity index (χ0) is 14.9. The third-order valence-electron chi connectivity index (χ3n) is 3.63. The number of nitrogens with one attached hydrogen (secondary N) is 1. The quantitative estimate of drug-likeness (QED) is 0.914. The van der Waals surface area contributed by atoms with E-state index in [0.29, 0.717) is 12.6 Å². The fourth-order valence-electron chi connectivity index (χ4n) is 2.43. The highest BCUT2D eigenvalue weighted by molar-refractivity contribution is 5.29. The summed E-state index contributed by atoms with van der Waals surface area (Å²) in [5.41, 5.74) is 0.706. The zero-order valence-corrected chi connectivity index (χ0v) is 11.4. The molecule has 1 aliphatic rings. The number of halogens is 3. The van der Waals surface area contributed by atoms with E-state index in [4.69, 9.17) is 0 Å². The Hall–Kier alpha value is -1.82. The molecule has 0 saturated heterocycles. The Morgan fingerprint density at radius 1 is 1.19 bits per heavy atom. The molecule has 0 unspecified atom stereocenters. The lowest BCUT2D eigenvalue weighted by Gasteiger charge is -2.13. The van der Waals surface area contributed by atoms with Crippen LogP contribution in [-0.2, 0) is 19.3 Å². The fourth-order valence-corrected chi connectivity index (χ4v) is 2.43. The molecule has 6 heteroatoms. The molecule has 1 aromatic heterocycles. The van der Waals surface area contributed by atoms with E-state index in [1.165, 1.54) is 12.1 Å². The van der Waals surface area contributed by atoms with Gasteiger partial charge in [0.1, 0.15) is 0 Å². The van der Waals surface area contributed by atoms with E-state index in [1.807, 2.05) is 0 Å². The standard InChI is InChI=1S/C15H16F3N3/c16-15(17,18)14-4-2-1-3-11(14)7-19-8-13-9-20-10-21(13)12-5-6-12/h1-4,9-10,12,19H,5-8H2. The zero-order valence-electron chi connectivity index (χ0n) is 11.4. The number of benzene rings is 1. The van der Waals surface area contributed by atoms with E-state index in [9.17, 15) is 13.2 Å². The van der Waals surface area contributed by atoms with E-state index >= 15 is 0 Å². The highest BCUT2D eigenvalue weighted by Crippen LogP contribution is 2.35. The van der Waals surface area contributed by atoms with Gasteiger partial charge in [-0.25, -0.2) is 4.98 Å². The van der Waals surface area contributed by atoms with Gasteiger partial charge in [0, 0.05) is 25.3 Å². The van der Waals surface area contributed by atoms with Gasteiger partial charge in [0.15, 0.2) is 0 Å². The second-order valence-corrected chi connectivity index (χ2v) is 5.28. The average molecular weight is 295 g/mol. The van der Waals surface area contributed by atoms with Crippen molar-refractivity contribution >= 4 is 0 Å². The first-order valence-corrected chi connectivity index (χ1v) is 6.92. The summed E-state index contributed by atoms with van der Waals surface area (Å²) >= 11 is 0. The van der Waals surface area contributed by atoms with Gasteiger partial charge in [-0.2, -0.15) is 13.2 Å². The average Bonchev–Trinajstić information content (AvgIpc) is 3.18. The van der Waals surface area contributed by atoms with Crippen LogP contribution in [-0.4, -0.2) is 9.55 Å². The molecule has 3 rings (SSSR count). The van der Waals surface area contributed by atoms with Crippen LogP contribution < -0.4 is 5.32 Å². The summed E-state index contributed by atoms with van der Waals surface area (Å²) in [6.45, 7) is 0.703. The largest absolute Gasteiger partial charge is 0.416 e. The maximum absolute atomic E-state index is 12.9. The van der Waals surface area contributed by atoms with Crippen LogP contribution in [0, 0.1) is 0 Å². The van der Waals surface area contributed by atoms with Gasteiger partial charge in [0.25, 0.3) is 0 Å². The highest BCUT2D eigenvalue weighted by atomic mass is 19.4. The van der Waals surface area contributed by atoms with Gasteiger partial charge in [-0.3, -0.25) is 0 Å². The predicted octanol–water partition coefficient (Wildman–Crippen LogP) is 3.53. The fraction of sp³-hybridized carbons (Fsp3) is 0.400. The first kappa shape index (κ1) is 14.1. The molecular weight excluding hydrogens is 279 g/mol. The van der Waals surface area contributed by atoms with E-state index in [0.717, 1.165) is 24.6 Å². The Balaban J connectivity index is 1.64. The molecular formula is C15H16F3N3. The van der Waals surface area contributed by atoms with Crippen molar-refractivity contribution in [2.45, 2.75) is 38.1 Å². The maximum Gasteiger partial charge on any atom is 0.416 e. The topological polar surface area (TPSA) is 29.9 Å². The molecule has 3 nitrogen and oxygen atoms in total. The van der Waals surface area contributed by atoms with E-state index in [2.05, 4.69) is 14.9 Å². The predicted molar refractivity (Wildman–Crippen MR) is 72.5 cm³/mol. The Bertz CT molecular complexity index is 615. The summed E-state index contributed by atoms with van der Waals surface area (Å²) in [5.74, 6) is 0. The molecule has 0 aliphatic heterocycles. The molecule has 0 spiro atoms. The third-order valence-corrected chi connectivity index (χ3v) is 3.63. The second kappa shape index (κ2) is 5.52. The molecule has 0 bridgehead atoms. The molecule has 1 N–H and O–H groups in total. The number of hydrogen-bond acceptors (Lipinski definition) is 2. The molecule has 0 atom stereocenters. The second-order valence-electron chi connectivity index (χ2n) is 5.28. The van der Waals surface area contributed by atoms with Crippen molar-refractivity contribution in [3.05, 3.63) is 53.6 Å². The molecule has 1 saturated carbocycles. The van der Waals surface area contributed by atoms with Gasteiger partial charge < -0.3 is 9.88 Å². The summed E-state index contributed by atoms with van der Waals surface area (Å²) in [4.78, 5) is 4.11. The number of hydrogen-bond donors (Lipinski definition) is 1. The number of rotatable bonds is 5. The van der Waals surface area contributed by atoms with Crippen LogP contribution in [0.1, 0.15) is 35.7 Å². The molecule has 0 amide bonds. The highest BCUT2D eigenvalue weighted by Gasteiger charge is 2.32.